The van der Waals surface area contributed by atoms with Gasteiger partial charge in [-0.25, -0.2) is 8.42 Å². The Kier molecular flexibility index (Phi) is 8.05. The summed E-state index contributed by atoms with van der Waals surface area (Å²) in [5, 5.41) is 4.00. The summed E-state index contributed by atoms with van der Waals surface area (Å²) in [6.45, 7) is 1.02. The van der Waals surface area contributed by atoms with E-state index in [2.05, 4.69) is 5.32 Å². The lowest BCUT2D eigenvalue weighted by Crippen LogP contribution is -2.50. The third kappa shape index (κ3) is 5.99. The van der Waals surface area contributed by atoms with Crippen LogP contribution in [0.3, 0.4) is 0 Å². The first-order valence-corrected chi connectivity index (χ1v) is 13.9. The van der Waals surface area contributed by atoms with Crippen molar-refractivity contribution < 1.29 is 18.0 Å². The molecule has 2 amide bonds. The third-order valence-electron chi connectivity index (χ3n) is 5.45. The van der Waals surface area contributed by atoms with E-state index in [9.17, 15) is 18.0 Å². The van der Waals surface area contributed by atoms with Gasteiger partial charge in [0.15, 0.2) is 0 Å². The van der Waals surface area contributed by atoms with Gasteiger partial charge in [-0.05, 0) is 54.6 Å². The van der Waals surface area contributed by atoms with Gasteiger partial charge in [0, 0.05) is 46.7 Å². The Morgan fingerprint density at radius 1 is 0.886 bits per heavy atom. The number of nitrogens with one attached hydrogen (secondary N) is 1. The summed E-state index contributed by atoms with van der Waals surface area (Å²) in [6, 6.07) is 14.4. The molecule has 2 heterocycles. The van der Waals surface area contributed by atoms with E-state index in [4.69, 9.17) is 34.8 Å². The fourth-order valence-corrected chi connectivity index (χ4v) is 7.04. The van der Waals surface area contributed by atoms with Crippen molar-refractivity contribution >= 4 is 68.0 Å². The second-order valence-corrected chi connectivity index (χ2v) is 12.3. The maximum atomic E-state index is 13.1. The van der Waals surface area contributed by atoms with E-state index in [1.807, 2.05) is 0 Å². The standard InChI is InChI=1S/C23H20Cl3N3O4S2/c24-16-3-1-15(2-4-16)22(30)27-14-18-6-8-21(34-18)35(32,33)29-11-9-28(10-12-29)23(31)19-7-5-17(25)13-20(19)26/h1-8,13H,9-12,14H2,(H,27,30). The highest BCUT2D eigenvalue weighted by molar-refractivity contribution is 7.91. The first-order chi connectivity index (χ1) is 16.6. The molecule has 1 saturated heterocycles. The van der Waals surface area contributed by atoms with Crippen molar-refractivity contribution in [3.05, 3.63) is 85.7 Å². The van der Waals surface area contributed by atoms with Crippen LogP contribution in [0.4, 0.5) is 0 Å². The molecular formula is C23H20Cl3N3O4S2. The number of carbonyl (C=O) groups excluding carboxylic acids is 2. The number of rotatable bonds is 6. The van der Waals surface area contributed by atoms with E-state index in [-0.39, 0.29) is 53.8 Å². The Hall–Kier alpha value is -2.14. The van der Waals surface area contributed by atoms with Gasteiger partial charge in [-0.3, -0.25) is 9.59 Å². The van der Waals surface area contributed by atoms with Crippen LogP contribution < -0.4 is 5.32 Å². The molecule has 0 bridgehead atoms. The highest BCUT2D eigenvalue weighted by atomic mass is 35.5. The lowest BCUT2D eigenvalue weighted by Gasteiger charge is -2.33. The van der Waals surface area contributed by atoms with Crippen molar-refractivity contribution in [1.82, 2.24) is 14.5 Å². The molecular weight excluding hydrogens is 553 g/mol. The van der Waals surface area contributed by atoms with Crippen LogP contribution in [0.25, 0.3) is 0 Å². The molecule has 7 nitrogen and oxygen atoms in total. The molecule has 4 rings (SSSR count). The Bertz CT molecular complexity index is 1350. The van der Waals surface area contributed by atoms with Gasteiger partial charge in [0.25, 0.3) is 21.8 Å². The fraction of sp³-hybridized carbons (Fsp3) is 0.217. The van der Waals surface area contributed by atoms with Crippen molar-refractivity contribution in [3.8, 4) is 0 Å². The number of benzene rings is 2. The number of hydrogen-bond acceptors (Lipinski definition) is 5. The molecule has 1 N–H and O–H groups in total. The van der Waals surface area contributed by atoms with Crippen LogP contribution >= 0.6 is 46.1 Å². The molecule has 0 aliphatic carbocycles. The number of halogens is 3. The summed E-state index contributed by atoms with van der Waals surface area (Å²) in [5.74, 6) is -0.542. The van der Waals surface area contributed by atoms with E-state index < -0.39 is 10.0 Å². The van der Waals surface area contributed by atoms with Crippen molar-refractivity contribution in [2.24, 2.45) is 0 Å². The predicted octanol–water partition coefficient (Wildman–Crippen LogP) is 4.79. The fourth-order valence-electron chi connectivity index (χ4n) is 3.55. The van der Waals surface area contributed by atoms with Gasteiger partial charge in [-0.15, -0.1) is 11.3 Å². The van der Waals surface area contributed by atoms with Crippen LogP contribution in [-0.4, -0.2) is 55.6 Å². The molecule has 0 atom stereocenters. The van der Waals surface area contributed by atoms with Gasteiger partial charge in [0.05, 0.1) is 17.1 Å². The molecule has 1 aromatic heterocycles. The molecule has 2 aromatic carbocycles. The number of amides is 2. The summed E-state index contributed by atoms with van der Waals surface area (Å²) in [7, 11) is -3.72. The topological polar surface area (TPSA) is 86.8 Å². The lowest BCUT2D eigenvalue weighted by atomic mass is 10.2. The number of piperazine rings is 1. The predicted molar refractivity (Wildman–Crippen MR) is 138 cm³/mol. The summed E-state index contributed by atoms with van der Waals surface area (Å²) < 4.78 is 27.8. The smallest absolute Gasteiger partial charge is 0.255 e. The van der Waals surface area contributed by atoms with Gasteiger partial charge in [-0.2, -0.15) is 4.31 Å². The van der Waals surface area contributed by atoms with Crippen molar-refractivity contribution in [3.63, 3.8) is 0 Å². The molecule has 3 aromatic rings. The molecule has 1 aliphatic rings. The average Bonchev–Trinajstić information content (AvgIpc) is 3.33. The second kappa shape index (κ2) is 10.9. The van der Waals surface area contributed by atoms with Gasteiger partial charge < -0.3 is 10.2 Å². The van der Waals surface area contributed by atoms with Crippen molar-refractivity contribution in [2.75, 3.05) is 26.2 Å². The SMILES string of the molecule is O=C(NCc1ccc(S(=O)(=O)N2CCN(C(=O)c3ccc(Cl)cc3Cl)CC2)s1)c1ccc(Cl)cc1. The van der Waals surface area contributed by atoms with E-state index in [1.165, 1.54) is 16.4 Å². The van der Waals surface area contributed by atoms with E-state index in [1.54, 1.807) is 47.4 Å². The number of carbonyl (C=O) groups is 2. The first kappa shape index (κ1) is 25.9. The Labute approximate surface area is 222 Å². The molecule has 184 valence electrons. The van der Waals surface area contributed by atoms with Crippen molar-refractivity contribution in [1.29, 1.82) is 0 Å². The number of hydrogen-bond donors (Lipinski definition) is 1. The minimum Gasteiger partial charge on any atom is -0.347 e. The molecule has 1 aliphatic heterocycles. The second-order valence-electron chi connectivity index (χ2n) is 7.73. The summed E-state index contributed by atoms with van der Waals surface area (Å²) in [5.41, 5.74) is 0.794. The van der Waals surface area contributed by atoms with E-state index in [0.29, 0.717) is 26.0 Å². The molecule has 0 saturated carbocycles. The minimum absolute atomic E-state index is 0.166. The van der Waals surface area contributed by atoms with Crippen LogP contribution in [0, 0.1) is 0 Å². The van der Waals surface area contributed by atoms with Crippen LogP contribution in [0.2, 0.25) is 15.1 Å². The van der Waals surface area contributed by atoms with Crippen molar-refractivity contribution in [2.45, 2.75) is 10.8 Å². The zero-order chi connectivity index (χ0) is 25.2. The highest BCUT2D eigenvalue weighted by Crippen LogP contribution is 2.27. The Morgan fingerprint density at radius 2 is 1.54 bits per heavy atom. The molecule has 12 heteroatoms. The maximum absolute atomic E-state index is 13.1. The molecule has 1 fully saturated rings. The average molecular weight is 573 g/mol. The largest absolute Gasteiger partial charge is 0.347 e. The van der Waals surface area contributed by atoms with Crippen LogP contribution in [0.1, 0.15) is 25.6 Å². The van der Waals surface area contributed by atoms with Gasteiger partial charge in [-0.1, -0.05) is 34.8 Å². The zero-order valence-electron chi connectivity index (χ0n) is 18.2. The van der Waals surface area contributed by atoms with Gasteiger partial charge in [0.1, 0.15) is 4.21 Å². The zero-order valence-corrected chi connectivity index (χ0v) is 22.1. The number of sulfonamides is 1. The van der Waals surface area contributed by atoms with Crippen LogP contribution in [0.15, 0.2) is 58.8 Å². The normalized spacial score (nSPS) is 14.7. The summed E-state index contributed by atoms with van der Waals surface area (Å²) >= 11 is 19.0. The quantitative estimate of drug-likeness (QED) is 0.460. The van der Waals surface area contributed by atoms with Crippen LogP contribution in [0.5, 0.6) is 0 Å². The molecule has 0 radical (unpaired) electrons. The molecule has 0 spiro atoms. The highest BCUT2D eigenvalue weighted by Gasteiger charge is 2.32. The van der Waals surface area contributed by atoms with Gasteiger partial charge in [0.2, 0.25) is 0 Å². The third-order valence-corrected chi connectivity index (χ3v) is 9.70. The molecule has 0 unspecified atom stereocenters. The lowest BCUT2D eigenvalue weighted by molar-refractivity contribution is 0.0698. The Morgan fingerprint density at radius 3 is 2.20 bits per heavy atom. The van der Waals surface area contributed by atoms with Gasteiger partial charge >= 0.3 is 0 Å². The van der Waals surface area contributed by atoms with Crippen LogP contribution in [-0.2, 0) is 16.6 Å². The monoisotopic (exact) mass is 571 g/mol. The summed E-state index contributed by atoms with van der Waals surface area (Å²) in [6.07, 6.45) is 0. The Balaban J connectivity index is 1.35. The molecule has 35 heavy (non-hydrogen) atoms. The van der Waals surface area contributed by atoms with E-state index >= 15 is 0 Å². The number of thiophene rings is 1. The first-order valence-electron chi connectivity index (χ1n) is 10.5. The maximum Gasteiger partial charge on any atom is 0.255 e. The van der Waals surface area contributed by atoms with E-state index in [0.717, 1.165) is 11.3 Å². The minimum atomic E-state index is -3.72. The summed E-state index contributed by atoms with van der Waals surface area (Å²) in [4.78, 5) is 27.4. The number of nitrogens with zero attached hydrogens (tertiary/aromatic N) is 2.